The number of hydrogen-bond donors (Lipinski definition) is 0. The zero-order valence-corrected chi connectivity index (χ0v) is 8.67. The number of ether oxygens (including phenoxy) is 1. The van der Waals surface area contributed by atoms with Crippen molar-refractivity contribution in [3.8, 4) is 5.75 Å². The number of methoxy groups -OCH3 is 1. The number of isocyanates is 1. The van der Waals surface area contributed by atoms with E-state index in [1.54, 1.807) is 0 Å². The maximum Gasteiger partial charge on any atom is 0.269 e. The predicted octanol–water partition coefficient (Wildman–Crippen LogP) is 1.48. The molecule has 0 saturated heterocycles. The number of nitro benzene ring substituents is 1. The monoisotopic (exact) mass is 222 g/mol. The van der Waals surface area contributed by atoms with Crippen LogP contribution in [-0.4, -0.2) is 24.7 Å². The lowest BCUT2D eigenvalue weighted by atomic mass is 10.1. The summed E-state index contributed by atoms with van der Waals surface area (Å²) in [6.07, 6.45) is 1.82. The molecule has 0 aliphatic rings. The molecule has 84 valence electrons. The average Bonchev–Trinajstić information content (AvgIpc) is 2.29. The van der Waals surface area contributed by atoms with Gasteiger partial charge in [0, 0.05) is 17.7 Å². The van der Waals surface area contributed by atoms with Crippen molar-refractivity contribution in [3.63, 3.8) is 0 Å². The van der Waals surface area contributed by atoms with Crippen molar-refractivity contribution in [1.29, 1.82) is 0 Å². The van der Waals surface area contributed by atoms with Crippen molar-refractivity contribution in [1.82, 2.24) is 0 Å². The van der Waals surface area contributed by atoms with Crippen molar-refractivity contribution >= 4 is 11.8 Å². The van der Waals surface area contributed by atoms with Crippen LogP contribution < -0.4 is 4.74 Å². The van der Waals surface area contributed by atoms with Crippen molar-refractivity contribution in [2.24, 2.45) is 4.99 Å². The summed E-state index contributed by atoms with van der Waals surface area (Å²) < 4.78 is 5.05. The number of aliphatic imine (C=N–C) groups is 1. The molecule has 6 heteroatoms. The number of hydrogen-bond acceptors (Lipinski definition) is 5. The highest BCUT2D eigenvalue weighted by molar-refractivity contribution is 5.44. The molecule has 0 aromatic heterocycles. The Hall–Kier alpha value is -2.20. The lowest BCUT2D eigenvalue weighted by molar-refractivity contribution is -0.384. The predicted molar refractivity (Wildman–Crippen MR) is 56.3 cm³/mol. The minimum absolute atomic E-state index is 0.00844. The van der Waals surface area contributed by atoms with Crippen LogP contribution in [0.25, 0.3) is 0 Å². The van der Waals surface area contributed by atoms with E-state index in [0.29, 0.717) is 17.7 Å². The summed E-state index contributed by atoms with van der Waals surface area (Å²) >= 11 is 0. The van der Waals surface area contributed by atoms with Gasteiger partial charge >= 0.3 is 0 Å². The lowest BCUT2D eigenvalue weighted by Gasteiger charge is -2.06. The first-order chi connectivity index (χ1) is 7.69. The fraction of sp³-hybridized carbons (Fsp3) is 0.300. The molecule has 0 atom stereocenters. The summed E-state index contributed by atoms with van der Waals surface area (Å²) in [5.41, 5.74) is 0.640. The SMILES string of the molecule is COc1ccc([N+](=O)[O-])cc1CCN=C=O. The third-order valence-corrected chi connectivity index (χ3v) is 2.03. The molecule has 0 unspecified atom stereocenters. The van der Waals surface area contributed by atoms with E-state index >= 15 is 0 Å². The Kier molecular flexibility index (Phi) is 4.17. The van der Waals surface area contributed by atoms with Gasteiger partial charge in [-0.2, -0.15) is 0 Å². The van der Waals surface area contributed by atoms with Gasteiger partial charge in [0.15, 0.2) is 0 Å². The van der Waals surface area contributed by atoms with Gasteiger partial charge in [-0.25, -0.2) is 9.79 Å². The molecule has 0 N–H and O–H groups in total. The molecule has 0 heterocycles. The molecule has 6 nitrogen and oxygen atoms in total. The molecule has 0 fully saturated rings. The van der Waals surface area contributed by atoms with Crippen molar-refractivity contribution in [2.45, 2.75) is 6.42 Å². The fourth-order valence-electron chi connectivity index (χ4n) is 1.30. The first-order valence-corrected chi connectivity index (χ1v) is 4.54. The molecule has 0 spiro atoms. The van der Waals surface area contributed by atoms with Gasteiger partial charge in [0.25, 0.3) is 5.69 Å². The minimum Gasteiger partial charge on any atom is -0.496 e. The van der Waals surface area contributed by atoms with E-state index in [0.717, 1.165) is 0 Å². The van der Waals surface area contributed by atoms with Crippen LogP contribution in [0.4, 0.5) is 5.69 Å². The van der Waals surface area contributed by atoms with Crippen molar-refractivity contribution < 1.29 is 14.5 Å². The first-order valence-electron chi connectivity index (χ1n) is 4.54. The molecule has 1 rings (SSSR count). The zero-order chi connectivity index (χ0) is 12.0. The smallest absolute Gasteiger partial charge is 0.269 e. The van der Waals surface area contributed by atoms with Gasteiger partial charge in [0.2, 0.25) is 6.08 Å². The first kappa shape index (κ1) is 11.9. The molecule has 0 bridgehead atoms. The topological polar surface area (TPSA) is 81.8 Å². The quantitative estimate of drug-likeness (QED) is 0.327. The van der Waals surface area contributed by atoms with E-state index in [4.69, 9.17) is 4.74 Å². The fourth-order valence-corrected chi connectivity index (χ4v) is 1.30. The summed E-state index contributed by atoms with van der Waals surface area (Å²) in [6, 6.07) is 4.31. The van der Waals surface area contributed by atoms with E-state index in [1.807, 2.05) is 0 Å². The van der Waals surface area contributed by atoms with Crippen LogP contribution in [0.1, 0.15) is 5.56 Å². The molecule has 0 aliphatic carbocycles. The highest BCUT2D eigenvalue weighted by Gasteiger charge is 2.10. The standard InChI is InChI=1S/C10H10N2O4/c1-16-10-3-2-9(12(14)15)6-8(10)4-5-11-7-13/h2-3,6H,4-5H2,1H3. The highest BCUT2D eigenvalue weighted by atomic mass is 16.6. The van der Waals surface area contributed by atoms with Crippen LogP contribution in [0, 0.1) is 10.1 Å². The van der Waals surface area contributed by atoms with E-state index in [9.17, 15) is 14.9 Å². The van der Waals surface area contributed by atoms with E-state index in [-0.39, 0.29) is 12.2 Å². The highest BCUT2D eigenvalue weighted by Crippen LogP contribution is 2.24. The molecule has 16 heavy (non-hydrogen) atoms. The van der Waals surface area contributed by atoms with Crippen LogP contribution >= 0.6 is 0 Å². The minimum atomic E-state index is -0.480. The van der Waals surface area contributed by atoms with Gasteiger partial charge < -0.3 is 4.74 Å². The van der Waals surface area contributed by atoms with Gasteiger partial charge in [0.05, 0.1) is 18.6 Å². The van der Waals surface area contributed by atoms with Crippen LogP contribution in [0.5, 0.6) is 5.75 Å². The summed E-state index contributed by atoms with van der Waals surface area (Å²) in [6.45, 7) is 0.237. The Labute approximate surface area is 91.7 Å². The van der Waals surface area contributed by atoms with Crippen LogP contribution in [0.2, 0.25) is 0 Å². The average molecular weight is 222 g/mol. The molecule has 0 radical (unpaired) electrons. The van der Waals surface area contributed by atoms with Crippen molar-refractivity contribution in [3.05, 3.63) is 33.9 Å². The Morgan fingerprint density at radius 2 is 2.31 bits per heavy atom. The zero-order valence-electron chi connectivity index (χ0n) is 8.67. The second kappa shape index (κ2) is 5.63. The second-order valence-corrected chi connectivity index (χ2v) is 2.98. The lowest BCUT2D eigenvalue weighted by Crippen LogP contribution is -1.97. The number of benzene rings is 1. The summed E-state index contributed by atoms with van der Waals surface area (Å²) in [5, 5.41) is 10.6. The van der Waals surface area contributed by atoms with Crippen molar-refractivity contribution in [2.75, 3.05) is 13.7 Å². The largest absolute Gasteiger partial charge is 0.496 e. The number of rotatable bonds is 5. The van der Waals surface area contributed by atoms with E-state index in [1.165, 1.54) is 31.4 Å². The molecule has 0 saturated carbocycles. The van der Waals surface area contributed by atoms with Gasteiger partial charge in [-0.1, -0.05) is 0 Å². The van der Waals surface area contributed by atoms with Crippen LogP contribution in [0.3, 0.4) is 0 Å². The Bertz CT molecular complexity index is 438. The summed E-state index contributed by atoms with van der Waals surface area (Å²) in [4.78, 5) is 23.4. The maximum absolute atomic E-state index is 10.6. The second-order valence-electron chi connectivity index (χ2n) is 2.98. The van der Waals surface area contributed by atoms with Gasteiger partial charge in [-0.3, -0.25) is 10.1 Å². The summed E-state index contributed by atoms with van der Waals surface area (Å²) in [7, 11) is 1.48. The van der Waals surface area contributed by atoms with Crippen LogP contribution in [0.15, 0.2) is 23.2 Å². The normalized spacial score (nSPS) is 9.31. The van der Waals surface area contributed by atoms with Gasteiger partial charge in [-0.05, 0) is 12.5 Å². The van der Waals surface area contributed by atoms with E-state index < -0.39 is 4.92 Å². The third kappa shape index (κ3) is 2.90. The summed E-state index contributed by atoms with van der Waals surface area (Å²) in [5.74, 6) is 0.548. The Balaban J connectivity index is 2.96. The molecule has 1 aromatic rings. The number of carbonyl (C=O) groups excluding carboxylic acids is 1. The molecular weight excluding hydrogens is 212 g/mol. The van der Waals surface area contributed by atoms with E-state index in [2.05, 4.69) is 4.99 Å². The Morgan fingerprint density at radius 1 is 1.56 bits per heavy atom. The number of nitro groups is 1. The van der Waals surface area contributed by atoms with Gasteiger partial charge in [0.1, 0.15) is 5.75 Å². The Morgan fingerprint density at radius 3 is 2.88 bits per heavy atom. The third-order valence-electron chi connectivity index (χ3n) is 2.03. The number of non-ortho nitro benzene ring substituents is 1. The van der Waals surface area contributed by atoms with Gasteiger partial charge in [-0.15, -0.1) is 0 Å². The molecule has 1 aromatic carbocycles. The molecular formula is C10H10N2O4. The molecule has 0 aliphatic heterocycles. The van der Waals surface area contributed by atoms with Crippen LogP contribution in [-0.2, 0) is 11.2 Å². The maximum atomic E-state index is 10.6. The molecule has 0 amide bonds. The number of nitrogens with zero attached hydrogens (tertiary/aromatic N) is 2.